The maximum atomic E-state index is 14.0. The van der Waals surface area contributed by atoms with Gasteiger partial charge in [-0.15, -0.1) is 0 Å². The van der Waals surface area contributed by atoms with Crippen LogP contribution >= 0.6 is 0 Å². The summed E-state index contributed by atoms with van der Waals surface area (Å²) in [7, 11) is 0. The molecule has 9 nitrogen and oxygen atoms in total. The van der Waals surface area contributed by atoms with Crippen LogP contribution in [0.4, 0.5) is 13.2 Å². The number of carbonyl (C=O) groups excluding carboxylic acids is 2. The highest BCUT2D eigenvalue weighted by atomic mass is 19.2. The Bertz CT molecular complexity index is 1280. The van der Waals surface area contributed by atoms with Crippen molar-refractivity contribution >= 4 is 23.8 Å². The van der Waals surface area contributed by atoms with E-state index in [0.717, 1.165) is 24.5 Å². The number of aryl methyl sites for hydroxylation is 1. The van der Waals surface area contributed by atoms with E-state index >= 15 is 0 Å². The average Bonchev–Trinajstić information content (AvgIpc) is 3.22. The minimum atomic E-state index is -1.26. The highest BCUT2D eigenvalue weighted by molar-refractivity contribution is 5.89. The monoisotopic (exact) mass is 589 g/mol. The fourth-order valence-electron chi connectivity index (χ4n) is 5.52. The Balaban J connectivity index is 0.000000531. The molecule has 42 heavy (non-hydrogen) atoms. The number of aliphatic carboxylic acids is 2. The SMILES string of the molecule is N[C@H](Cc1cc(F)c(F)cc1F)[C@@H]1C[C@H]2CC[C@@H](C1)N2C(=O)CNC(=O)CCc1ccccc1.O=C(O)/C=C\C(=O)O. The molecule has 2 fully saturated rings. The highest BCUT2D eigenvalue weighted by Crippen LogP contribution is 2.40. The molecule has 0 aromatic heterocycles. The number of nitrogens with two attached hydrogens (primary N) is 1. The molecule has 4 atom stereocenters. The van der Waals surface area contributed by atoms with Crippen molar-refractivity contribution in [3.05, 3.63) is 83.2 Å². The fraction of sp³-hybridized carbons (Fsp3) is 0.400. The van der Waals surface area contributed by atoms with Crippen LogP contribution in [0.3, 0.4) is 0 Å². The van der Waals surface area contributed by atoms with E-state index in [1.54, 1.807) is 0 Å². The fourth-order valence-corrected chi connectivity index (χ4v) is 5.52. The van der Waals surface area contributed by atoms with Crippen molar-refractivity contribution in [2.24, 2.45) is 11.7 Å². The number of hydrogen-bond acceptors (Lipinski definition) is 5. The first-order valence-corrected chi connectivity index (χ1v) is 13.6. The largest absolute Gasteiger partial charge is 0.478 e. The van der Waals surface area contributed by atoms with Gasteiger partial charge in [-0.1, -0.05) is 30.3 Å². The van der Waals surface area contributed by atoms with Gasteiger partial charge in [0.2, 0.25) is 11.8 Å². The highest BCUT2D eigenvalue weighted by Gasteiger charge is 2.44. The lowest BCUT2D eigenvalue weighted by molar-refractivity contribution is -0.137. The Morgan fingerprint density at radius 3 is 2.07 bits per heavy atom. The summed E-state index contributed by atoms with van der Waals surface area (Å²) in [6.45, 7) is -0.0303. The lowest BCUT2D eigenvalue weighted by Gasteiger charge is -2.41. The summed E-state index contributed by atoms with van der Waals surface area (Å²) in [4.78, 5) is 46.0. The van der Waals surface area contributed by atoms with Crippen molar-refractivity contribution in [1.82, 2.24) is 10.2 Å². The first-order chi connectivity index (χ1) is 19.9. The first kappa shape index (κ1) is 32.3. The molecule has 5 N–H and O–H groups in total. The minimum Gasteiger partial charge on any atom is -0.478 e. The molecule has 2 heterocycles. The molecule has 2 aromatic rings. The summed E-state index contributed by atoms with van der Waals surface area (Å²) in [5, 5.41) is 18.4. The second-order valence-corrected chi connectivity index (χ2v) is 10.4. The van der Waals surface area contributed by atoms with Crippen molar-refractivity contribution in [2.75, 3.05) is 6.54 Å². The molecular weight excluding hydrogens is 555 g/mol. The van der Waals surface area contributed by atoms with Gasteiger partial charge in [-0.2, -0.15) is 0 Å². The zero-order chi connectivity index (χ0) is 30.8. The van der Waals surface area contributed by atoms with Crippen LogP contribution in [0.1, 0.15) is 43.2 Å². The summed E-state index contributed by atoms with van der Waals surface area (Å²) in [5.41, 5.74) is 7.49. The van der Waals surface area contributed by atoms with Crippen molar-refractivity contribution in [3.8, 4) is 0 Å². The van der Waals surface area contributed by atoms with Gasteiger partial charge in [-0.05, 0) is 61.6 Å². The predicted molar refractivity (Wildman–Crippen MR) is 147 cm³/mol. The second-order valence-electron chi connectivity index (χ2n) is 10.4. The molecule has 2 aromatic carbocycles. The standard InChI is InChI=1S/C26H30F3N3O2.C4H4O4/c27-21-14-23(29)22(28)12-17(21)13-24(30)18-10-19-7-8-20(11-18)32(19)26(34)15-31-25(33)9-6-16-4-2-1-3-5-16;5-3(6)1-2-4(7)8/h1-5,12,14,18-20,24H,6-11,13,15,30H2,(H,31,33);1-2H,(H,5,6)(H,7,8)/b;2-1-/t18-,19-,20+,24-;/m1./s1. The number of piperidine rings is 1. The number of nitrogens with zero attached hydrogens (tertiary/aromatic N) is 1. The number of carboxylic acid groups (broad SMARTS) is 2. The van der Waals surface area contributed by atoms with Gasteiger partial charge in [0.25, 0.3) is 0 Å². The van der Waals surface area contributed by atoms with E-state index in [1.807, 2.05) is 35.2 Å². The average molecular weight is 590 g/mol. The van der Waals surface area contributed by atoms with Crippen LogP contribution in [0.25, 0.3) is 0 Å². The van der Waals surface area contributed by atoms with E-state index in [9.17, 15) is 32.3 Å². The number of nitrogens with one attached hydrogen (secondary N) is 1. The number of carboxylic acids is 2. The van der Waals surface area contributed by atoms with E-state index in [4.69, 9.17) is 15.9 Å². The first-order valence-electron chi connectivity index (χ1n) is 13.6. The number of rotatable bonds is 10. The van der Waals surface area contributed by atoms with Gasteiger partial charge in [0.1, 0.15) is 5.82 Å². The lowest BCUT2D eigenvalue weighted by Crippen LogP contribution is -2.52. The van der Waals surface area contributed by atoms with Crippen molar-refractivity contribution in [2.45, 2.75) is 63.1 Å². The van der Waals surface area contributed by atoms with Crippen molar-refractivity contribution < 1.29 is 42.6 Å². The Morgan fingerprint density at radius 2 is 1.50 bits per heavy atom. The van der Waals surface area contributed by atoms with Crippen LogP contribution in [-0.4, -0.2) is 63.5 Å². The molecule has 2 bridgehead atoms. The van der Waals surface area contributed by atoms with Crippen LogP contribution in [0, 0.1) is 23.4 Å². The van der Waals surface area contributed by atoms with Gasteiger partial charge in [-0.25, -0.2) is 22.8 Å². The molecule has 226 valence electrons. The van der Waals surface area contributed by atoms with Crippen LogP contribution < -0.4 is 11.1 Å². The molecule has 0 unspecified atom stereocenters. The Kier molecular flexibility index (Phi) is 11.7. The van der Waals surface area contributed by atoms with Crippen LogP contribution in [0.5, 0.6) is 0 Å². The van der Waals surface area contributed by atoms with Crippen LogP contribution in [0.2, 0.25) is 0 Å². The van der Waals surface area contributed by atoms with Gasteiger partial charge in [0, 0.05) is 42.8 Å². The number of hydrogen-bond donors (Lipinski definition) is 4. The zero-order valence-corrected chi connectivity index (χ0v) is 22.8. The topological polar surface area (TPSA) is 150 Å². The molecule has 2 saturated heterocycles. The maximum Gasteiger partial charge on any atom is 0.328 e. The molecule has 12 heteroatoms. The molecule has 0 radical (unpaired) electrons. The van der Waals surface area contributed by atoms with Crippen molar-refractivity contribution in [1.29, 1.82) is 0 Å². The Hall–Kier alpha value is -4.19. The third kappa shape index (κ3) is 9.44. The predicted octanol–water partition coefficient (Wildman–Crippen LogP) is 3.20. The summed E-state index contributed by atoms with van der Waals surface area (Å²) < 4.78 is 40.8. The summed E-state index contributed by atoms with van der Waals surface area (Å²) in [5.74, 6) is -5.82. The number of carbonyl (C=O) groups is 4. The van der Waals surface area contributed by atoms with E-state index in [-0.39, 0.29) is 48.3 Å². The van der Waals surface area contributed by atoms with Gasteiger partial charge < -0.3 is 26.2 Å². The summed E-state index contributed by atoms with van der Waals surface area (Å²) in [6, 6.07) is 10.8. The Labute approximate surface area is 241 Å². The molecule has 0 spiro atoms. The van der Waals surface area contributed by atoms with Gasteiger partial charge >= 0.3 is 11.9 Å². The number of halogens is 3. The van der Waals surface area contributed by atoms with E-state index in [1.165, 1.54) is 0 Å². The number of fused-ring (bicyclic) bond motifs is 2. The Morgan fingerprint density at radius 1 is 0.929 bits per heavy atom. The lowest BCUT2D eigenvalue weighted by atomic mass is 9.82. The van der Waals surface area contributed by atoms with Gasteiger partial charge in [-0.3, -0.25) is 9.59 Å². The number of amides is 2. The minimum absolute atomic E-state index is 0.0262. The second kappa shape index (κ2) is 15.2. The van der Waals surface area contributed by atoms with Gasteiger partial charge in [0.15, 0.2) is 11.6 Å². The summed E-state index contributed by atoms with van der Waals surface area (Å²) in [6.07, 6.45) is 5.24. The third-order valence-electron chi connectivity index (χ3n) is 7.50. The molecule has 0 saturated carbocycles. The number of benzene rings is 2. The molecular formula is C30H34F3N3O6. The normalized spacial score (nSPS) is 20.0. The van der Waals surface area contributed by atoms with Gasteiger partial charge in [0.05, 0.1) is 6.54 Å². The molecule has 2 aliphatic rings. The van der Waals surface area contributed by atoms with E-state index in [0.29, 0.717) is 43.9 Å². The van der Waals surface area contributed by atoms with E-state index < -0.39 is 35.4 Å². The maximum absolute atomic E-state index is 14.0. The summed E-state index contributed by atoms with van der Waals surface area (Å²) >= 11 is 0. The van der Waals surface area contributed by atoms with E-state index in [2.05, 4.69) is 5.32 Å². The third-order valence-corrected chi connectivity index (χ3v) is 7.50. The van der Waals surface area contributed by atoms with Crippen LogP contribution in [0.15, 0.2) is 54.6 Å². The smallest absolute Gasteiger partial charge is 0.328 e. The molecule has 4 rings (SSSR count). The molecule has 0 aliphatic carbocycles. The quantitative estimate of drug-likeness (QED) is 0.246. The zero-order valence-electron chi connectivity index (χ0n) is 22.8. The molecule has 2 aliphatic heterocycles. The molecule has 2 amide bonds. The van der Waals surface area contributed by atoms with Crippen molar-refractivity contribution in [3.63, 3.8) is 0 Å². The van der Waals surface area contributed by atoms with Crippen LogP contribution in [-0.2, 0) is 32.0 Å².